The minimum Gasteiger partial charge on any atom is -0.262 e. The van der Waals surface area contributed by atoms with Crippen molar-refractivity contribution in [2.45, 2.75) is 25.8 Å². The quantitative estimate of drug-likeness (QED) is 0.759. The highest BCUT2D eigenvalue weighted by Crippen LogP contribution is 2.37. The SMILES string of the molecule is Cc1nn(C2CC2)c2cc(Br)ccc12. The predicted octanol–water partition coefficient (Wildman–Crippen LogP) is 3.44. The minimum absolute atomic E-state index is 0.653. The molecule has 1 aliphatic rings. The highest BCUT2D eigenvalue weighted by Gasteiger charge is 2.26. The van der Waals surface area contributed by atoms with E-state index < -0.39 is 0 Å². The number of nitrogens with zero attached hydrogens (tertiary/aromatic N) is 2. The first-order chi connectivity index (χ1) is 6.75. The first kappa shape index (κ1) is 8.48. The Hall–Kier alpha value is -0.830. The van der Waals surface area contributed by atoms with Crippen LogP contribution in [-0.2, 0) is 0 Å². The summed E-state index contributed by atoms with van der Waals surface area (Å²) in [7, 11) is 0. The van der Waals surface area contributed by atoms with E-state index in [0.717, 1.165) is 10.2 Å². The highest BCUT2D eigenvalue weighted by molar-refractivity contribution is 9.10. The molecule has 1 heterocycles. The molecule has 0 saturated heterocycles. The number of rotatable bonds is 1. The third kappa shape index (κ3) is 1.19. The molecule has 1 aromatic heterocycles. The largest absolute Gasteiger partial charge is 0.262 e. The van der Waals surface area contributed by atoms with Crippen LogP contribution < -0.4 is 0 Å². The van der Waals surface area contributed by atoms with Crippen LogP contribution >= 0.6 is 15.9 Å². The number of hydrogen-bond acceptors (Lipinski definition) is 1. The van der Waals surface area contributed by atoms with Crippen LogP contribution in [0.3, 0.4) is 0 Å². The molecule has 3 heteroatoms. The lowest BCUT2D eigenvalue weighted by molar-refractivity contribution is 0.658. The van der Waals surface area contributed by atoms with E-state index in [2.05, 4.69) is 50.8 Å². The van der Waals surface area contributed by atoms with Crippen molar-refractivity contribution < 1.29 is 0 Å². The molecule has 1 fully saturated rings. The van der Waals surface area contributed by atoms with Gasteiger partial charge in [-0.15, -0.1) is 0 Å². The van der Waals surface area contributed by atoms with E-state index in [1.54, 1.807) is 0 Å². The molecular weight excluding hydrogens is 240 g/mol. The van der Waals surface area contributed by atoms with Gasteiger partial charge in [-0.25, -0.2) is 0 Å². The maximum absolute atomic E-state index is 4.59. The van der Waals surface area contributed by atoms with E-state index in [-0.39, 0.29) is 0 Å². The Morgan fingerprint density at radius 2 is 2.21 bits per heavy atom. The molecule has 0 spiro atoms. The molecule has 1 aromatic carbocycles. The van der Waals surface area contributed by atoms with Gasteiger partial charge in [-0.2, -0.15) is 5.10 Å². The molecule has 2 aromatic rings. The third-order valence-corrected chi connectivity index (χ3v) is 3.24. The monoisotopic (exact) mass is 250 g/mol. The van der Waals surface area contributed by atoms with Crippen LogP contribution in [0.2, 0.25) is 0 Å². The topological polar surface area (TPSA) is 17.8 Å². The standard InChI is InChI=1S/C11H11BrN2/c1-7-10-5-2-8(12)6-11(10)14(13-7)9-3-4-9/h2,5-6,9H,3-4H2,1H3. The van der Waals surface area contributed by atoms with Crippen molar-refractivity contribution in [3.63, 3.8) is 0 Å². The van der Waals surface area contributed by atoms with Crippen LogP contribution in [0, 0.1) is 6.92 Å². The fraction of sp³-hybridized carbons (Fsp3) is 0.364. The van der Waals surface area contributed by atoms with Gasteiger partial charge in [0, 0.05) is 9.86 Å². The Labute approximate surface area is 91.0 Å². The molecule has 0 N–H and O–H groups in total. The molecule has 0 bridgehead atoms. The average Bonchev–Trinajstić information content (AvgIpc) is 2.93. The van der Waals surface area contributed by atoms with Crippen molar-refractivity contribution in [1.82, 2.24) is 9.78 Å². The second kappa shape index (κ2) is 2.83. The number of halogens is 1. The Morgan fingerprint density at radius 3 is 2.93 bits per heavy atom. The van der Waals surface area contributed by atoms with Crippen molar-refractivity contribution in [3.8, 4) is 0 Å². The van der Waals surface area contributed by atoms with Gasteiger partial charge in [-0.3, -0.25) is 4.68 Å². The average molecular weight is 251 g/mol. The second-order valence-electron chi connectivity index (χ2n) is 3.92. The fourth-order valence-electron chi connectivity index (χ4n) is 1.87. The molecule has 0 amide bonds. The molecule has 0 unspecified atom stereocenters. The smallest absolute Gasteiger partial charge is 0.0699 e. The van der Waals surface area contributed by atoms with Gasteiger partial charge in [0.05, 0.1) is 17.3 Å². The third-order valence-electron chi connectivity index (χ3n) is 2.75. The Kier molecular flexibility index (Phi) is 1.71. The summed E-state index contributed by atoms with van der Waals surface area (Å²) < 4.78 is 3.31. The lowest BCUT2D eigenvalue weighted by Crippen LogP contribution is -1.95. The van der Waals surface area contributed by atoms with Crippen LogP contribution in [0.5, 0.6) is 0 Å². The normalized spacial score (nSPS) is 16.4. The summed E-state index contributed by atoms with van der Waals surface area (Å²) in [5.74, 6) is 0. The first-order valence-electron chi connectivity index (χ1n) is 4.90. The summed E-state index contributed by atoms with van der Waals surface area (Å²) in [5, 5.41) is 5.87. The maximum Gasteiger partial charge on any atom is 0.0699 e. The predicted molar refractivity (Wildman–Crippen MR) is 60.4 cm³/mol. The summed E-state index contributed by atoms with van der Waals surface area (Å²) in [5.41, 5.74) is 2.40. The van der Waals surface area contributed by atoms with E-state index in [4.69, 9.17) is 0 Å². The Morgan fingerprint density at radius 1 is 1.43 bits per heavy atom. The van der Waals surface area contributed by atoms with Gasteiger partial charge in [-0.05, 0) is 38.0 Å². The first-order valence-corrected chi connectivity index (χ1v) is 5.69. The van der Waals surface area contributed by atoms with Crippen LogP contribution in [-0.4, -0.2) is 9.78 Å². The van der Waals surface area contributed by atoms with Gasteiger partial charge in [0.1, 0.15) is 0 Å². The molecule has 0 radical (unpaired) electrons. The second-order valence-corrected chi connectivity index (χ2v) is 4.84. The lowest BCUT2D eigenvalue weighted by atomic mass is 10.2. The van der Waals surface area contributed by atoms with Crippen LogP contribution in [0.4, 0.5) is 0 Å². The zero-order valence-corrected chi connectivity index (χ0v) is 9.58. The summed E-state index contributed by atoms with van der Waals surface area (Å²) in [6, 6.07) is 7.03. The summed E-state index contributed by atoms with van der Waals surface area (Å²) in [4.78, 5) is 0. The van der Waals surface area contributed by atoms with Crippen molar-refractivity contribution in [1.29, 1.82) is 0 Å². The number of aryl methyl sites for hydroxylation is 1. The van der Waals surface area contributed by atoms with Crippen molar-refractivity contribution in [3.05, 3.63) is 28.4 Å². The van der Waals surface area contributed by atoms with E-state index in [1.165, 1.54) is 23.7 Å². The van der Waals surface area contributed by atoms with E-state index in [1.807, 2.05) is 0 Å². The summed E-state index contributed by atoms with van der Waals surface area (Å²) in [6.45, 7) is 2.08. The molecule has 0 atom stereocenters. The Balaban J connectivity index is 2.33. The van der Waals surface area contributed by atoms with Crippen molar-refractivity contribution >= 4 is 26.8 Å². The minimum atomic E-state index is 0.653. The zero-order chi connectivity index (χ0) is 9.71. The van der Waals surface area contributed by atoms with Gasteiger partial charge in [-0.1, -0.05) is 15.9 Å². The molecule has 2 nitrogen and oxygen atoms in total. The van der Waals surface area contributed by atoms with Crippen LogP contribution in [0.25, 0.3) is 10.9 Å². The van der Waals surface area contributed by atoms with Gasteiger partial charge >= 0.3 is 0 Å². The summed E-state index contributed by atoms with van der Waals surface area (Å²) in [6.07, 6.45) is 2.56. The van der Waals surface area contributed by atoms with Gasteiger partial charge in [0.2, 0.25) is 0 Å². The van der Waals surface area contributed by atoms with Gasteiger partial charge in [0.25, 0.3) is 0 Å². The number of hydrogen-bond donors (Lipinski definition) is 0. The molecule has 1 saturated carbocycles. The number of fused-ring (bicyclic) bond motifs is 1. The van der Waals surface area contributed by atoms with Gasteiger partial charge < -0.3 is 0 Å². The fourth-order valence-corrected chi connectivity index (χ4v) is 2.22. The van der Waals surface area contributed by atoms with E-state index in [9.17, 15) is 0 Å². The Bertz CT molecular complexity index is 497. The lowest BCUT2D eigenvalue weighted by Gasteiger charge is -1.99. The molecule has 1 aliphatic carbocycles. The number of aromatic nitrogens is 2. The molecule has 3 rings (SSSR count). The number of benzene rings is 1. The summed E-state index contributed by atoms with van der Waals surface area (Å²) >= 11 is 3.50. The van der Waals surface area contributed by atoms with Crippen molar-refractivity contribution in [2.75, 3.05) is 0 Å². The van der Waals surface area contributed by atoms with Crippen LogP contribution in [0.15, 0.2) is 22.7 Å². The molecule has 72 valence electrons. The zero-order valence-electron chi connectivity index (χ0n) is 8.00. The van der Waals surface area contributed by atoms with Crippen molar-refractivity contribution in [2.24, 2.45) is 0 Å². The highest BCUT2D eigenvalue weighted by atomic mass is 79.9. The van der Waals surface area contributed by atoms with E-state index in [0.29, 0.717) is 6.04 Å². The van der Waals surface area contributed by atoms with Gasteiger partial charge in [0.15, 0.2) is 0 Å². The molecular formula is C11H11BrN2. The molecule has 0 aliphatic heterocycles. The maximum atomic E-state index is 4.59. The van der Waals surface area contributed by atoms with E-state index >= 15 is 0 Å². The molecule has 14 heavy (non-hydrogen) atoms. The van der Waals surface area contributed by atoms with Crippen LogP contribution in [0.1, 0.15) is 24.6 Å².